The number of hydrogen-bond donors (Lipinski definition) is 0. The molecule has 130 valence electrons. The fourth-order valence-corrected chi connectivity index (χ4v) is 4.97. The van der Waals surface area contributed by atoms with Crippen molar-refractivity contribution < 1.29 is 13.2 Å². The maximum Gasteiger partial charge on any atom is 0.289 e. The number of benzene rings is 1. The highest BCUT2D eigenvalue weighted by molar-refractivity contribution is 7.90. The number of carbonyl (C=O) groups is 1. The molecule has 0 aliphatic carbocycles. The number of thiazole rings is 1. The zero-order chi connectivity index (χ0) is 18.2. The van der Waals surface area contributed by atoms with Crippen LogP contribution < -0.4 is 4.80 Å². The van der Waals surface area contributed by atoms with E-state index in [1.54, 1.807) is 36.4 Å². The minimum Gasteiger partial charge on any atom is -0.312 e. The first-order valence-electron chi connectivity index (χ1n) is 7.08. The smallest absolute Gasteiger partial charge is 0.289 e. The summed E-state index contributed by atoms with van der Waals surface area (Å²) in [5.74, 6) is -0.385. The van der Waals surface area contributed by atoms with Crippen LogP contribution in [0.2, 0.25) is 4.34 Å². The molecule has 0 unspecified atom stereocenters. The maximum atomic E-state index is 12.3. The second-order valence-corrected chi connectivity index (χ2v) is 9.95. The van der Waals surface area contributed by atoms with Crippen LogP contribution in [-0.2, 0) is 16.4 Å². The van der Waals surface area contributed by atoms with Gasteiger partial charge in [-0.25, -0.2) is 8.42 Å². The van der Waals surface area contributed by atoms with Gasteiger partial charge < -0.3 is 4.57 Å². The summed E-state index contributed by atoms with van der Waals surface area (Å²) >= 11 is 8.29. The SMILES string of the molecule is C=CCn1c(=NC(=O)c2ccc(Cl)s2)sc2cc(S(C)(=O)=O)ccc21. The highest BCUT2D eigenvalue weighted by Gasteiger charge is 2.13. The molecule has 0 bridgehead atoms. The Morgan fingerprint density at radius 1 is 1.32 bits per heavy atom. The molecule has 0 saturated heterocycles. The molecule has 9 heteroatoms. The number of rotatable bonds is 4. The number of nitrogens with zero attached hydrogens (tertiary/aromatic N) is 2. The van der Waals surface area contributed by atoms with Gasteiger partial charge in [-0.2, -0.15) is 4.99 Å². The largest absolute Gasteiger partial charge is 0.312 e. The monoisotopic (exact) mass is 412 g/mol. The summed E-state index contributed by atoms with van der Waals surface area (Å²) in [6, 6.07) is 8.15. The number of amides is 1. The van der Waals surface area contributed by atoms with Crippen molar-refractivity contribution in [3.8, 4) is 0 Å². The number of carbonyl (C=O) groups excluding carboxylic acids is 1. The van der Waals surface area contributed by atoms with E-state index >= 15 is 0 Å². The summed E-state index contributed by atoms with van der Waals surface area (Å²) < 4.78 is 26.6. The molecule has 3 rings (SSSR count). The van der Waals surface area contributed by atoms with Crippen molar-refractivity contribution in [1.29, 1.82) is 0 Å². The molecule has 25 heavy (non-hydrogen) atoms. The topological polar surface area (TPSA) is 68.5 Å². The molecule has 5 nitrogen and oxygen atoms in total. The highest BCUT2D eigenvalue weighted by Crippen LogP contribution is 2.24. The summed E-state index contributed by atoms with van der Waals surface area (Å²) in [7, 11) is -3.31. The highest BCUT2D eigenvalue weighted by atomic mass is 35.5. The average Bonchev–Trinajstić information content (AvgIpc) is 3.11. The summed E-state index contributed by atoms with van der Waals surface area (Å²) in [4.78, 5) is 17.7. The van der Waals surface area contributed by atoms with Crippen molar-refractivity contribution in [3.63, 3.8) is 0 Å². The van der Waals surface area contributed by atoms with Crippen molar-refractivity contribution in [2.75, 3.05) is 6.26 Å². The van der Waals surface area contributed by atoms with Crippen molar-refractivity contribution in [2.45, 2.75) is 11.4 Å². The van der Waals surface area contributed by atoms with E-state index in [0.29, 0.717) is 20.6 Å². The lowest BCUT2D eigenvalue weighted by molar-refractivity contribution is 0.100. The Balaban J connectivity index is 2.19. The van der Waals surface area contributed by atoms with Crippen molar-refractivity contribution in [2.24, 2.45) is 4.99 Å². The second kappa shape index (κ2) is 6.87. The number of fused-ring (bicyclic) bond motifs is 1. The lowest BCUT2D eigenvalue weighted by Crippen LogP contribution is -2.15. The lowest BCUT2D eigenvalue weighted by Gasteiger charge is -2.02. The molecule has 0 aliphatic heterocycles. The van der Waals surface area contributed by atoms with Gasteiger partial charge in [-0.05, 0) is 30.3 Å². The Morgan fingerprint density at radius 3 is 2.68 bits per heavy atom. The minimum absolute atomic E-state index is 0.231. The Labute approximate surface area is 157 Å². The number of allylic oxidation sites excluding steroid dienone is 1. The van der Waals surface area contributed by atoms with Gasteiger partial charge in [0, 0.05) is 12.8 Å². The predicted molar refractivity (Wildman–Crippen MR) is 102 cm³/mol. The van der Waals surface area contributed by atoms with Gasteiger partial charge in [-0.1, -0.05) is 29.0 Å². The van der Waals surface area contributed by atoms with Crippen LogP contribution in [0.25, 0.3) is 10.2 Å². The van der Waals surface area contributed by atoms with Gasteiger partial charge >= 0.3 is 0 Å². The van der Waals surface area contributed by atoms with Gasteiger partial charge in [0.2, 0.25) is 0 Å². The number of hydrogen-bond acceptors (Lipinski definition) is 5. The molecule has 0 fully saturated rings. The molecule has 1 aromatic carbocycles. The summed E-state index contributed by atoms with van der Waals surface area (Å²) in [6.07, 6.45) is 2.86. The standard InChI is InChI=1S/C16H13ClN2O3S3/c1-3-8-19-11-5-4-10(25(2,21)22)9-13(11)24-16(19)18-15(20)12-6-7-14(17)23-12/h3-7,9H,1,8H2,2H3. The molecular formula is C16H13ClN2O3S3. The molecular weight excluding hydrogens is 400 g/mol. The van der Waals surface area contributed by atoms with E-state index in [9.17, 15) is 13.2 Å². The molecule has 0 N–H and O–H groups in total. The first-order valence-corrected chi connectivity index (χ1v) is 11.0. The lowest BCUT2D eigenvalue weighted by atomic mass is 10.3. The van der Waals surface area contributed by atoms with E-state index < -0.39 is 9.84 Å². The molecule has 2 aromatic heterocycles. The van der Waals surface area contributed by atoms with Crippen LogP contribution in [0.1, 0.15) is 9.67 Å². The third kappa shape index (κ3) is 3.77. The van der Waals surface area contributed by atoms with Gasteiger partial charge in [0.15, 0.2) is 14.6 Å². The molecule has 0 aliphatic rings. The van der Waals surface area contributed by atoms with Crippen LogP contribution >= 0.6 is 34.3 Å². The van der Waals surface area contributed by atoms with Crippen molar-refractivity contribution >= 4 is 60.2 Å². The average molecular weight is 413 g/mol. The summed E-state index contributed by atoms with van der Waals surface area (Å²) in [6.45, 7) is 4.18. The Bertz CT molecular complexity index is 1150. The molecule has 1 amide bonds. The first-order chi connectivity index (χ1) is 11.8. The fourth-order valence-electron chi connectivity index (χ4n) is 2.25. The molecule has 3 aromatic rings. The number of halogens is 1. The predicted octanol–water partition coefficient (Wildman–Crippen LogP) is 3.75. The van der Waals surface area contributed by atoms with E-state index in [-0.39, 0.29) is 10.8 Å². The first kappa shape index (κ1) is 18.1. The van der Waals surface area contributed by atoms with Gasteiger partial charge in [0.1, 0.15) is 0 Å². The van der Waals surface area contributed by atoms with E-state index in [4.69, 9.17) is 11.6 Å². The van der Waals surface area contributed by atoms with Crippen LogP contribution in [-0.4, -0.2) is 25.1 Å². The number of aromatic nitrogens is 1. The van der Waals surface area contributed by atoms with Crippen LogP contribution in [0, 0.1) is 0 Å². The van der Waals surface area contributed by atoms with Gasteiger partial charge in [0.25, 0.3) is 5.91 Å². The Morgan fingerprint density at radius 2 is 2.08 bits per heavy atom. The van der Waals surface area contributed by atoms with Crippen LogP contribution in [0.3, 0.4) is 0 Å². The molecule has 2 heterocycles. The number of sulfone groups is 1. The quantitative estimate of drug-likeness (QED) is 0.613. The Hall–Kier alpha value is -1.74. The van der Waals surface area contributed by atoms with Crippen molar-refractivity contribution in [1.82, 2.24) is 4.57 Å². The Kier molecular flexibility index (Phi) is 4.97. The molecule has 0 spiro atoms. The van der Waals surface area contributed by atoms with Crippen molar-refractivity contribution in [3.05, 3.63) is 57.0 Å². The van der Waals surface area contributed by atoms with E-state index in [1.807, 2.05) is 4.57 Å². The number of thiophene rings is 1. The summed E-state index contributed by atoms with van der Waals surface area (Å²) in [5, 5.41) is 0. The molecule has 0 atom stereocenters. The van der Waals surface area contributed by atoms with E-state index in [2.05, 4.69) is 11.6 Å². The van der Waals surface area contributed by atoms with Gasteiger partial charge in [-0.3, -0.25) is 4.79 Å². The van der Waals surface area contributed by atoms with E-state index in [0.717, 1.165) is 16.5 Å². The van der Waals surface area contributed by atoms with Crippen LogP contribution in [0.5, 0.6) is 0 Å². The minimum atomic E-state index is -3.31. The maximum absolute atomic E-state index is 12.3. The second-order valence-electron chi connectivity index (χ2n) is 5.21. The van der Waals surface area contributed by atoms with Crippen LogP contribution in [0.4, 0.5) is 0 Å². The third-order valence-electron chi connectivity index (χ3n) is 3.38. The summed E-state index contributed by atoms with van der Waals surface area (Å²) in [5.41, 5.74) is 0.799. The molecule has 0 radical (unpaired) electrons. The van der Waals surface area contributed by atoms with Crippen LogP contribution in [0.15, 0.2) is 52.9 Å². The van der Waals surface area contributed by atoms with E-state index in [1.165, 1.54) is 22.7 Å². The fraction of sp³-hybridized carbons (Fsp3) is 0.125. The normalized spacial score (nSPS) is 12.6. The van der Waals surface area contributed by atoms with Gasteiger partial charge in [-0.15, -0.1) is 17.9 Å². The third-order valence-corrected chi connectivity index (χ3v) is 6.75. The zero-order valence-corrected chi connectivity index (χ0v) is 16.3. The van der Waals surface area contributed by atoms with Gasteiger partial charge in [0.05, 0.1) is 24.3 Å². The zero-order valence-electron chi connectivity index (χ0n) is 13.1. The molecule has 0 saturated carbocycles.